The van der Waals surface area contributed by atoms with Crippen LogP contribution in [0.2, 0.25) is 0 Å². The van der Waals surface area contributed by atoms with Gasteiger partial charge in [0.2, 0.25) is 0 Å². The molecule has 1 heterocycles. The number of aromatic nitrogens is 2. The van der Waals surface area contributed by atoms with Gasteiger partial charge in [0.15, 0.2) is 0 Å². The van der Waals surface area contributed by atoms with Crippen LogP contribution < -0.4 is 0 Å². The summed E-state index contributed by atoms with van der Waals surface area (Å²) in [5.74, 6) is 1.41. The standard InChI is InChI=1S/C17H19BrN2S/c1-11(2)14-13(18)15(21)20-16(19-14)17(9-6-10-17)12-7-4-3-5-8-12/h3-5,7-8,11H,6,9-10H2,1-2H3,(H,19,20,21). The Morgan fingerprint density at radius 3 is 2.43 bits per heavy atom. The van der Waals surface area contributed by atoms with Crippen LogP contribution in [0.3, 0.4) is 0 Å². The number of nitrogens with one attached hydrogen (secondary N) is 1. The fourth-order valence-electron chi connectivity index (χ4n) is 3.05. The van der Waals surface area contributed by atoms with Crippen molar-refractivity contribution in [1.82, 2.24) is 9.97 Å². The van der Waals surface area contributed by atoms with Crippen LogP contribution >= 0.6 is 28.1 Å². The van der Waals surface area contributed by atoms with E-state index in [1.165, 1.54) is 12.0 Å². The van der Waals surface area contributed by atoms with Crippen molar-refractivity contribution in [2.24, 2.45) is 0 Å². The van der Waals surface area contributed by atoms with E-state index in [0.29, 0.717) is 10.6 Å². The van der Waals surface area contributed by atoms with E-state index in [9.17, 15) is 0 Å². The van der Waals surface area contributed by atoms with Crippen LogP contribution in [0.4, 0.5) is 0 Å². The third-order valence-electron chi connectivity index (χ3n) is 4.45. The largest absolute Gasteiger partial charge is 0.345 e. The summed E-state index contributed by atoms with van der Waals surface area (Å²) in [5.41, 5.74) is 2.50. The lowest BCUT2D eigenvalue weighted by molar-refractivity contribution is 0.283. The lowest BCUT2D eigenvalue weighted by atomic mass is 9.64. The number of hydrogen-bond acceptors (Lipinski definition) is 2. The van der Waals surface area contributed by atoms with Crippen LogP contribution in [0.1, 0.15) is 56.1 Å². The monoisotopic (exact) mass is 362 g/mol. The van der Waals surface area contributed by atoms with Gasteiger partial charge in [0.1, 0.15) is 10.5 Å². The number of rotatable bonds is 3. The minimum Gasteiger partial charge on any atom is -0.345 e. The first-order chi connectivity index (χ1) is 10.0. The second-order valence-corrected chi connectivity index (χ2v) is 7.25. The molecule has 0 atom stereocenters. The van der Waals surface area contributed by atoms with Gasteiger partial charge in [0.25, 0.3) is 0 Å². The van der Waals surface area contributed by atoms with Crippen molar-refractivity contribution in [2.75, 3.05) is 0 Å². The molecule has 1 aromatic carbocycles. The molecule has 2 aromatic rings. The van der Waals surface area contributed by atoms with Gasteiger partial charge in [-0.15, -0.1) is 0 Å². The number of aromatic amines is 1. The molecular formula is C17H19BrN2S. The zero-order valence-electron chi connectivity index (χ0n) is 12.3. The number of H-pyrrole nitrogens is 1. The second kappa shape index (κ2) is 5.65. The molecule has 1 aliphatic rings. The predicted molar refractivity (Wildman–Crippen MR) is 92.3 cm³/mol. The first-order valence-electron chi connectivity index (χ1n) is 7.40. The summed E-state index contributed by atoms with van der Waals surface area (Å²) in [6, 6.07) is 10.7. The van der Waals surface area contributed by atoms with Crippen LogP contribution in [-0.2, 0) is 5.41 Å². The van der Waals surface area contributed by atoms with Crippen molar-refractivity contribution in [2.45, 2.75) is 44.4 Å². The Kier molecular flexibility index (Phi) is 4.02. The first kappa shape index (κ1) is 14.9. The van der Waals surface area contributed by atoms with Gasteiger partial charge in [-0.2, -0.15) is 0 Å². The van der Waals surface area contributed by atoms with Crippen LogP contribution in [-0.4, -0.2) is 9.97 Å². The summed E-state index contributed by atoms with van der Waals surface area (Å²) in [7, 11) is 0. The lowest BCUT2D eigenvalue weighted by Gasteiger charge is -2.41. The highest BCUT2D eigenvalue weighted by atomic mass is 79.9. The van der Waals surface area contributed by atoms with E-state index in [2.05, 4.69) is 65.1 Å². The molecule has 0 spiro atoms. The van der Waals surface area contributed by atoms with Crippen molar-refractivity contribution >= 4 is 28.1 Å². The Bertz CT molecular complexity index is 702. The van der Waals surface area contributed by atoms with Gasteiger partial charge in [0, 0.05) is 5.69 Å². The molecule has 1 aromatic heterocycles. The molecule has 0 aliphatic heterocycles. The minimum absolute atomic E-state index is 0.0131. The van der Waals surface area contributed by atoms with Crippen LogP contribution in [0.15, 0.2) is 34.8 Å². The quantitative estimate of drug-likeness (QED) is 0.730. The predicted octanol–water partition coefficient (Wildman–Crippen LogP) is 5.50. The van der Waals surface area contributed by atoms with Crippen LogP contribution in [0.5, 0.6) is 0 Å². The van der Waals surface area contributed by atoms with Gasteiger partial charge >= 0.3 is 0 Å². The molecule has 1 N–H and O–H groups in total. The molecule has 0 radical (unpaired) electrons. The number of benzene rings is 1. The minimum atomic E-state index is 0.0131. The zero-order chi connectivity index (χ0) is 15.0. The van der Waals surface area contributed by atoms with Gasteiger partial charge in [-0.05, 0) is 40.3 Å². The summed E-state index contributed by atoms with van der Waals surface area (Å²) in [5, 5.41) is 0. The molecule has 1 fully saturated rings. The fourth-order valence-corrected chi connectivity index (χ4v) is 3.90. The van der Waals surface area contributed by atoms with E-state index in [4.69, 9.17) is 17.2 Å². The Morgan fingerprint density at radius 2 is 1.90 bits per heavy atom. The van der Waals surface area contributed by atoms with Crippen LogP contribution in [0.25, 0.3) is 0 Å². The molecule has 1 aliphatic carbocycles. The number of nitrogens with zero attached hydrogens (tertiary/aromatic N) is 1. The highest BCUT2D eigenvalue weighted by molar-refractivity contribution is 9.10. The van der Waals surface area contributed by atoms with E-state index < -0.39 is 0 Å². The van der Waals surface area contributed by atoms with Gasteiger partial charge in [-0.1, -0.05) is 62.8 Å². The Labute approximate surface area is 139 Å². The molecule has 3 rings (SSSR count). The maximum absolute atomic E-state index is 5.46. The fraction of sp³-hybridized carbons (Fsp3) is 0.412. The Balaban J connectivity index is 2.17. The summed E-state index contributed by atoms with van der Waals surface area (Å²) in [4.78, 5) is 8.27. The van der Waals surface area contributed by atoms with Crippen molar-refractivity contribution in [3.05, 3.63) is 56.5 Å². The highest BCUT2D eigenvalue weighted by Gasteiger charge is 2.42. The topological polar surface area (TPSA) is 28.7 Å². The zero-order valence-corrected chi connectivity index (χ0v) is 14.7. The SMILES string of the molecule is CC(C)c1[nH]c(C2(c3ccccc3)CCC2)nc(=S)c1Br. The van der Waals surface area contributed by atoms with E-state index in [0.717, 1.165) is 28.8 Å². The summed E-state index contributed by atoms with van der Waals surface area (Å²) >= 11 is 9.04. The first-order valence-corrected chi connectivity index (χ1v) is 8.60. The Morgan fingerprint density at radius 1 is 1.24 bits per heavy atom. The Hall–Kier alpha value is -1.00. The van der Waals surface area contributed by atoms with E-state index >= 15 is 0 Å². The van der Waals surface area contributed by atoms with Gasteiger partial charge in [0.05, 0.1) is 9.89 Å². The maximum atomic E-state index is 5.46. The normalized spacial score (nSPS) is 16.8. The van der Waals surface area contributed by atoms with Gasteiger partial charge in [-0.25, -0.2) is 4.98 Å². The average Bonchev–Trinajstić information content (AvgIpc) is 2.42. The van der Waals surface area contributed by atoms with Gasteiger partial charge in [-0.3, -0.25) is 0 Å². The molecule has 0 unspecified atom stereocenters. The molecule has 0 saturated heterocycles. The van der Waals surface area contributed by atoms with Crippen molar-refractivity contribution in [1.29, 1.82) is 0 Å². The molecule has 21 heavy (non-hydrogen) atoms. The smallest absolute Gasteiger partial charge is 0.144 e. The summed E-state index contributed by atoms with van der Waals surface area (Å²) < 4.78 is 1.59. The van der Waals surface area contributed by atoms with Crippen molar-refractivity contribution in [3.8, 4) is 0 Å². The lowest BCUT2D eigenvalue weighted by Crippen LogP contribution is -2.37. The van der Waals surface area contributed by atoms with Crippen molar-refractivity contribution < 1.29 is 0 Å². The van der Waals surface area contributed by atoms with Gasteiger partial charge < -0.3 is 4.98 Å². The second-order valence-electron chi connectivity index (χ2n) is 6.07. The third-order valence-corrected chi connectivity index (χ3v) is 5.82. The summed E-state index contributed by atoms with van der Waals surface area (Å²) in [6.45, 7) is 4.34. The molecule has 0 bridgehead atoms. The van der Waals surface area contributed by atoms with E-state index in [-0.39, 0.29) is 5.41 Å². The van der Waals surface area contributed by atoms with E-state index in [1.807, 2.05) is 0 Å². The molecule has 1 saturated carbocycles. The molecule has 4 heteroatoms. The van der Waals surface area contributed by atoms with Crippen LogP contribution in [0, 0.1) is 4.64 Å². The summed E-state index contributed by atoms with van der Waals surface area (Å²) in [6.07, 6.45) is 3.51. The molecule has 2 nitrogen and oxygen atoms in total. The highest BCUT2D eigenvalue weighted by Crippen LogP contribution is 2.48. The molecule has 110 valence electrons. The maximum Gasteiger partial charge on any atom is 0.144 e. The van der Waals surface area contributed by atoms with Crippen molar-refractivity contribution in [3.63, 3.8) is 0 Å². The molecular weight excluding hydrogens is 344 g/mol. The number of hydrogen-bond donors (Lipinski definition) is 1. The third kappa shape index (κ3) is 2.49. The number of halogens is 1. The van der Waals surface area contributed by atoms with E-state index in [1.54, 1.807) is 0 Å². The molecule has 0 amide bonds. The average molecular weight is 363 g/mol.